The summed E-state index contributed by atoms with van der Waals surface area (Å²) in [4.78, 5) is 29.2. The van der Waals surface area contributed by atoms with Gasteiger partial charge in [0.05, 0.1) is 18.0 Å². The highest BCUT2D eigenvalue weighted by Crippen LogP contribution is 2.38. The molecule has 0 atom stereocenters. The molecule has 6 rings (SSSR count). The van der Waals surface area contributed by atoms with Crippen LogP contribution in [-0.2, 0) is 4.79 Å². The molecule has 0 unspecified atom stereocenters. The van der Waals surface area contributed by atoms with E-state index in [0.717, 1.165) is 83.4 Å². The zero-order valence-corrected chi connectivity index (χ0v) is 22.7. The van der Waals surface area contributed by atoms with E-state index in [1.54, 1.807) is 6.20 Å². The van der Waals surface area contributed by atoms with E-state index < -0.39 is 11.6 Å². The molecule has 1 saturated heterocycles. The van der Waals surface area contributed by atoms with Gasteiger partial charge < -0.3 is 20.6 Å². The Morgan fingerprint density at radius 2 is 1.70 bits per heavy atom. The molecule has 3 N–H and O–H groups in total. The van der Waals surface area contributed by atoms with Crippen LogP contribution in [-0.4, -0.2) is 60.7 Å². The number of aromatic nitrogens is 4. The third-order valence-corrected chi connectivity index (χ3v) is 8.72. The van der Waals surface area contributed by atoms with Gasteiger partial charge in [-0.3, -0.25) is 9.36 Å². The molecule has 1 amide bonds. The molecule has 9 nitrogen and oxygen atoms in total. The molecule has 0 bridgehead atoms. The number of halogens is 2. The van der Waals surface area contributed by atoms with Gasteiger partial charge in [-0.1, -0.05) is 0 Å². The lowest BCUT2D eigenvalue weighted by Crippen LogP contribution is -2.41. The number of aliphatic hydroxyl groups is 1. The van der Waals surface area contributed by atoms with Gasteiger partial charge in [0.1, 0.15) is 17.2 Å². The summed E-state index contributed by atoms with van der Waals surface area (Å²) in [6.07, 6.45) is 11.0. The Bertz CT molecular complexity index is 1340. The summed E-state index contributed by atoms with van der Waals surface area (Å²) < 4.78 is 30.2. The molecular weight excluding hydrogens is 516 g/mol. The monoisotopic (exact) mass is 553 g/mol. The highest BCUT2D eigenvalue weighted by molar-refractivity contribution is 5.79. The zero-order valence-electron chi connectivity index (χ0n) is 22.7. The summed E-state index contributed by atoms with van der Waals surface area (Å²) in [5.74, 6) is -0.162. The van der Waals surface area contributed by atoms with Crippen LogP contribution in [0.25, 0.3) is 11.2 Å². The standard InChI is InChI=1S/C29H37F2N7O2/c30-19-6-13-24(23(31)16-19)34-29-35-25-17-32-28(33-20-7-11-22(39)12-8-20)36-26(25)38(29)21-9-4-18(5-10-21)27(40)37-14-2-1-3-15-37/h6,13,16-18,20-22,39H,1-5,7-12,14-15H2,(H,34,35)(H,32,33,36). The molecule has 2 saturated carbocycles. The number of nitrogens with one attached hydrogen (secondary N) is 2. The second kappa shape index (κ2) is 11.6. The number of imidazole rings is 1. The highest BCUT2D eigenvalue weighted by Gasteiger charge is 2.33. The molecule has 1 aliphatic heterocycles. The molecule has 214 valence electrons. The summed E-state index contributed by atoms with van der Waals surface area (Å²) in [5, 5.41) is 16.3. The number of fused-ring (bicyclic) bond motifs is 1. The average Bonchev–Trinajstić information content (AvgIpc) is 3.33. The van der Waals surface area contributed by atoms with Gasteiger partial charge in [-0.15, -0.1) is 0 Å². The predicted molar refractivity (Wildman–Crippen MR) is 148 cm³/mol. The Kier molecular flexibility index (Phi) is 7.82. The molecule has 11 heteroatoms. The first-order valence-corrected chi connectivity index (χ1v) is 14.6. The van der Waals surface area contributed by atoms with Crippen molar-refractivity contribution in [1.29, 1.82) is 0 Å². The lowest BCUT2D eigenvalue weighted by Gasteiger charge is -2.34. The smallest absolute Gasteiger partial charge is 0.225 e. The van der Waals surface area contributed by atoms with Crippen LogP contribution in [0.3, 0.4) is 0 Å². The number of likely N-dealkylation sites (tertiary alicyclic amines) is 1. The minimum atomic E-state index is -0.706. The van der Waals surface area contributed by atoms with Gasteiger partial charge >= 0.3 is 0 Å². The number of nitrogens with zero attached hydrogens (tertiary/aromatic N) is 5. The number of hydrogen-bond acceptors (Lipinski definition) is 7. The Hall–Kier alpha value is -3.34. The van der Waals surface area contributed by atoms with Crippen LogP contribution in [0.4, 0.5) is 26.4 Å². The number of rotatable bonds is 6. The molecular formula is C29H37F2N7O2. The fourth-order valence-electron chi connectivity index (χ4n) is 6.46. The second-order valence-electron chi connectivity index (χ2n) is 11.5. The molecule has 1 aromatic carbocycles. The summed E-state index contributed by atoms with van der Waals surface area (Å²) in [6, 6.07) is 3.60. The Morgan fingerprint density at radius 1 is 0.950 bits per heavy atom. The molecule has 3 aromatic rings. The largest absolute Gasteiger partial charge is 0.393 e. The number of hydrogen-bond donors (Lipinski definition) is 3. The summed E-state index contributed by atoms with van der Waals surface area (Å²) >= 11 is 0. The molecule has 40 heavy (non-hydrogen) atoms. The summed E-state index contributed by atoms with van der Waals surface area (Å²) in [6.45, 7) is 1.71. The van der Waals surface area contributed by atoms with Crippen LogP contribution in [0.15, 0.2) is 24.4 Å². The topological polar surface area (TPSA) is 108 Å². The van der Waals surface area contributed by atoms with E-state index in [2.05, 4.69) is 15.6 Å². The van der Waals surface area contributed by atoms with Gasteiger partial charge in [0.15, 0.2) is 5.65 Å². The molecule has 3 heterocycles. The van der Waals surface area contributed by atoms with Crippen LogP contribution >= 0.6 is 0 Å². The van der Waals surface area contributed by atoms with Crippen molar-refractivity contribution in [3.63, 3.8) is 0 Å². The third-order valence-electron chi connectivity index (χ3n) is 8.72. The molecule has 3 aliphatic rings. The minimum absolute atomic E-state index is 0.00833. The lowest BCUT2D eigenvalue weighted by molar-refractivity contribution is -0.137. The van der Waals surface area contributed by atoms with E-state index >= 15 is 0 Å². The van der Waals surface area contributed by atoms with Crippen molar-refractivity contribution in [2.24, 2.45) is 5.92 Å². The van der Waals surface area contributed by atoms with Crippen LogP contribution in [0.5, 0.6) is 0 Å². The number of aliphatic hydroxyl groups excluding tert-OH is 1. The van der Waals surface area contributed by atoms with Crippen LogP contribution < -0.4 is 10.6 Å². The normalized spacial score (nSPS) is 25.6. The van der Waals surface area contributed by atoms with Gasteiger partial charge in [-0.2, -0.15) is 4.98 Å². The maximum absolute atomic E-state index is 14.6. The highest BCUT2D eigenvalue weighted by atomic mass is 19.1. The van der Waals surface area contributed by atoms with E-state index in [1.165, 1.54) is 18.6 Å². The van der Waals surface area contributed by atoms with Gasteiger partial charge in [0.25, 0.3) is 0 Å². The van der Waals surface area contributed by atoms with Gasteiger partial charge in [-0.25, -0.2) is 18.7 Å². The van der Waals surface area contributed by atoms with Crippen molar-refractivity contribution in [1.82, 2.24) is 24.4 Å². The van der Waals surface area contributed by atoms with Crippen molar-refractivity contribution < 1.29 is 18.7 Å². The minimum Gasteiger partial charge on any atom is -0.393 e. The van der Waals surface area contributed by atoms with Crippen molar-refractivity contribution in [2.75, 3.05) is 23.7 Å². The van der Waals surface area contributed by atoms with Crippen molar-refractivity contribution >= 4 is 34.7 Å². The number of carbonyl (C=O) groups is 1. The molecule has 2 aliphatic carbocycles. The van der Waals surface area contributed by atoms with E-state index in [-0.39, 0.29) is 35.7 Å². The maximum Gasteiger partial charge on any atom is 0.225 e. The van der Waals surface area contributed by atoms with Crippen LogP contribution in [0.1, 0.15) is 76.7 Å². The Balaban J connectivity index is 1.27. The van der Waals surface area contributed by atoms with Crippen molar-refractivity contribution in [3.8, 4) is 0 Å². The second-order valence-corrected chi connectivity index (χ2v) is 11.5. The molecule has 0 radical (unpaired) electrons. The number of benzene rings is 1. The number of carbonyl (C=O) groups excluding carboxylic acids is 1. The quantitative estimate of drug-likeness (QED) is 0.380. The number of amides is 1. The fourth-order valence-corrected chi connectivity index (χ4v) is 6.46. The van der Waals surface area contributed by atoms with Crippen molar-refractivity contribution in [2.45, 2.75) is 88.8 Å². The van der Waals surface area contributed by atoms with Gasteiger partial charge in [0.2, 0.25) is 17.8 Å². The SMILES string of the molecule is O=C(C1CCC(n2c(Nc3ccc(F)cc3F)nc3cnc(NC4CCC(O)CC4)nc32)CC1)N1CCCCC1. The van der Waals surface area contributed by atoms with Crippen LogP contribution in [0.2, 0.25) is 0 Å². The van der Waals surface area contributed by atoms with Crippen LogP contribution in [0, 0.1) is 17.6 Å². The zero-order chi connectivity index (χ0) is 27.6. The van der Waals surface area contributed by atoms with Gasteiger partial charge in [0, 0.05) is 37.2 Å². The van der Waals surface area contributed by atoms with E-state index in [0.29, 0.717) is 23.1 Å². The fraction of sp³-hybridized carbons (Fsp3) is 0.586. The molecule has 0 spiro atoms. The third kappa shape index (κ3) is 5.75. The van der Waals surface area contributed by atoms with E-state index in [1.807, 2.05) is 9.47 Å². The maximum atomic E-state index is 14.6. The first kappa shape index (κ1) is 26.9. The average molecular weight is 554 g/mol. The lowest BCUT2D eigenvalue weighted by atomic mass is 9.84. The van der Waals surface area contributed by atoms with Crippen molar-refractivity contribution in [3.05, 3.63) is 36.0 Å². The summed E-state index contributed by atoms with van der Waals surface area (Å²) in [7, 11) is 0. The number of anilines is 3. The Labute approximate surface area is 232 Å². The van der Waals surface area contributed by atoms with E-state index in [4.69, 9.17) is 9.97 Å². The van der Waals surface area contributed by atoms with E-state index in [9.17, 15) is 18.7 Å². The number of piperidine rings is 1. The summed E-state index contributed by atoms with van der Waals surface area (Å²) in [5.41, 5.74) is 1.32. The first-order valence-electron chi connectivity index (χ1n) is 14.6. The molecule has 2 aromatic heterocycles. The Morgan fingerprint density at radius 3 is 2.42 bits per heavy atom. The van der Waals surface area contributed by atoms with Gasteiger partial charge in [-0.05, 0) is 82.8 Å². The predicted octanol–water partition coefficient (Wildman–Crippen LogP) is 5.31. The molecule has 3 fully saturated rings. The first-order chi connectivity index (χ1) is 19.4.